The lowest BCUT2D eigenvalue weighted by atomic mass is 10.00. The standard InChI is InChI=1S/C19H21N7O.H2S/c1-12(14-3-5-21-15-4-6-27-18(14)15)8-22-17-7-16(25-11-26-17)13-9-23-19(20-2)24-10-13;/h3,5,7,9-12H,4,6,8H2,1-2H3,(H,20,23,24)(H,22,25,26);1H2/t12-;/m1./s1. The summed E-state index contributed by atoms with van der Waals surface area (Å²) in [5.74, 6) is 2.54. The molecule has 2 N–H and O–H groups in total. The molecule has 28 heavy (non-hydrogen) atoms. The van der Waals surface area contributed by atoms with E-state index >= 15 is 0 Å². The minimum Gasteiger partial charge on any atom is -0.491 e. The van der Waals surface area contributed by atoms with Crippen molar-refractivity contribution in [3.8, 4) is 17.0 Å². The maximum atomic E-state index is 5.76. The van der Waals surface area contributed by atoms with E-state index in [1.807, 2.05) is 18.3 Å². The first-order valence-corrected chi connectivity index (χ1v) is 8.91. The smallest absolute Gasteiger partial charge is 0.222 e. The van der Waals surface area contributed by atoms with Gasteiger partial charge in [-0.25, -0.2) is 19.9 Å². The number of fused-ring (bicyclic) bond motifs is 1. The van der Waals surface area contributed by atoms with Crippen LogP contribution in [-0.4, -0.2) is 45.1 Å². The summed E-state index contributed by atoms with van der Waals surface area (Å²) in [6.07, 6.45) is 7.77. The van der Waals surface area contributed by atoms with Gasteiger partial charge in [-0.1, -0.05) is 6.92 Å². The maximum Gasteiger partial charge on any atom is 0.222 e. The number of pyridine rings is 1. The fourth-order valence-corrected chi connectivity index (χ4v) is 3.06. The van der Waals surface area contributed by atoms with Gasteiger partial charge in [0, 0.05) is 61.7 Å². The molecule has 1 aliphatic heterocycles. The van der Waals surface area contributed by atoms with Crippen LogP contribution in [0.1, 0.15) is 24.1 Å². The van der Waals surface area contributed by atoms with Crippen molar-refractivity contribution in [2.24, 2.45) is 0 Å². The van der Waals surface area contributed by atoms with E-state index in [2.05, 4.69) is 42.5 Å². The highest BCUT2D eigenvalue weighted by Gasteiger charge is 2.20. The number of nitrogens with one attached hydrogen (secondary N) is 2. The molecule has 0 bridgehead atoms. The molecule has 0 saturated heterocycles. The molecule has 0 fully saturated rings. The molecular weight excluding hydrogens is 374 g/mol. The topological polar surface area (TPSA) is 97.7 Å². The summed E-state index contributed by atoms with van der Waals surface area (Å²) >= 11 is 0. The first-order chi connectivity index (χ1) is 13.2. The summed E-state index contributed by atoms with van der Waals surface area (Å²) in [4.78, 5) is 21.5. The van der Waals surface area contributed by atoms with Crippen molar-refractivity contribution in [3.05, 3.63) is 48.3 Å². The van der Waals surface area contributed by atoms with Crippen LogP contribution in [0.3, 0.4) is 0 Å². The van der Waals surface area contributed by atoms with Crippen molar-refractivity contribution in [1.82, 2.24) is 24.9 Å². The second kappa shape index (κ2) is 8.83. The van der Waals surface area contributed by atoms with Gasteiger partial charge in [-0.15, -0.1) is 0 Å². The van der Waals surface area contributed by atoms with Gasteiger partial charge in [0.05, 0.1) is 18.0 Å². The third-order valence-electron chi connectivity index (χ3n) is 4.55. The molecule has 1 aliphatic rings. The number of ether oxygens (including phenoxy) is 1. The number of hydrogen-bond acceptors (Lipinski definition) is 8. The molecule has 8 nitrogen and oxygen atoms in total. The van der Waals surface area contributed by atoms with Crippen LogP contribution in [0.5, 0.6) is 5.75 Å². The number of nitrogens with zero attached hydrogens (tertiary/aromatic N) is 5. The summed E-state index contributed by atoms with van der Waals surface area (Å²) < 4.78 is 5.76. The van der Waals surface area contributed by atoms with E-state index in [9.17, 15) is 0 Å². The third-order valence-corrected chi connectivity index (χ3v) is 4.55. The van der Waals surface area contributed by atoms with Gasteiger partial charge in [0.15, 0.2) is 0 Å². The van der Waals surface area contributed by atoms with Crippen LogP contribution < -0.4 is 15.4 Å². The summed E-state index contributed by atoms with van der Waals surface area (Å²) in [5.41, 5.74) is 3.84. The van der Waals surface area contributed by atoms with Crippen LogP contribution in [0.25, 0.3) is 11.3 Å². The Balaban J connectivity index is 0.00000225. The highest BCUT2D eigenvalue weighted by molar-refractivity contribution is 7.59. The SMILES string of the molecule is CNc1ncc(-c2cc(NC[C@@H](C)c3ccnc4c3OCC4)ncn2)cn1.S. The fourth-order valence-electron chi connectivity index (χ4n) is 3.06. The lowest BCUT2D eigenvalue weighted by Crippen LogP contribution is -2.12. The van der Waals surface area contributed by atoms with Crippen molar-refractivity contribution in [2.45, 2.75) is 19.3 Å². The van der Waals surface area contributed by atoms with Crippen molar-refractivity contribution in [3.63, 3.8) is 0 Å². The van der Waals surface area contributed by atoms with E-state index in [4.69, 9.17) is 4.74 Å². The molecule has 4 heterocycles. The largest absolute Gasteiger partial charge is 0.491 e. The predicted molar refractivity (Wildman–Crippen MR) is 113 cm³/mol. The van der Waals surface area contributed by atoms with E-state index in [1.54, 1.807) is 25.8 Å². The monoisotopic (exact) mass is 397 g/mol. The lowest BCUT2D eigenvalue weighted by Gasteiger charge is -2.16. The Hall–Kier alpha value is -2.94. The number of anilines is 2. The Kier molecular flexibility index (Phi) is 6.25. The second-order valence-electron chi connectivity index (χ2n) is 6.39. The van der Waals surface area contributed by atoms with E-state index < -0.39 is 0 Å². The Bertz CT molecular complexity index is 936. The molecular formula is C19H23N7OS. The van der Waals surface area contributed by atoms with Crippen molar-refractivity contribution < 1.29 is 4.74 Å². The first-order valence-electron chi connectivity index (χ1n) is 8.91. The van der Waals surface area contributed by atoms with Crippen molar-refractivity contribution in [2.75, 3.05) is 30.8 Å². The molecule has 0 unspecified atom stereocenters. The fraction of sp³-hybridized carbons (Fsp3) is 0.316. The number of rotatable bonds is 6. The summed E-state index contributed by atoms with van der Waals surface area (Å²) in [5, 5.41) is 6.29. The van der Waals surface area contributed by atoms with E-state index in [-0.39, 0.29) is 19.4 Å². The summed E-state index contributed by atoms with van der Waals surface area (Å²) in [6, 6.07) is 3.93. The third kappa shape index (κ3) is 4.14. The van der Waals surface area contributed by atoms with Gasteiger partial charge < -0.3 is 15.4 Å². The molecule has 3 aromatic rings. The van der Waals surface area contributed by atoms with Gasteiger partial charge in [0.25, 0.3) is 0 Å². The van der Waals surface area contributed by atoms with Gasteiger partial charge in [-0.05, 0) is 6.07 Å². The average Bonchev–Trinajstić information content (AvgIpc) is 3.21. The Labute approximate surface area is 170 Å². The van der Waals surface area contributed by atoms with Crippen molar-refractivity contribution >= 4 is 25.3 Å². The molecule has 3 aromatic heterocycles. The minimum absolute atomic E-state index is 0. The van der Waals surface area contributed by atoms with Gasteiger partial charge in [0.1, 0.15) is 17.9 Å². The molecule has 0 spiro atoms. The van der Waals surface area contributed by atoms with Gasteiger partial charge >= 0.3 is 0 Å². The van der Waals surface area contributed by atoms with Gasteiger partial charge in [-0.3, -0.25) is 4.98 Å². The Morgan fingerprint density at radius 3 is 2.75 bits per heavy atom. The molecule has 0 saturated carbocycles. The van der Waals surface area contributed by atoms with E-state index in [0.29, 0.717) is 12.6 Å². The average molecular weight is 398 g/mol. The first kappa shape index (κ1) is 19.8. The van der Waals surface area contributed by atoms with E-state index in [1.165, 1.54) is 5.56 Å². The number of hydrogen-bond donors (Lipinski definition) is 2. The molecule has 0 amide bonds. The number of aromatic nitrogens is 5. The molecule has 4 rings (SSSR count). The van der Waals surface area contributed by atoms with Crippen LogP contribution in [-0.2, 0) is 6.42 Å². The Morgan fingerprint density at radius 2 is 1.96 bits per heavy atom. The summed E-state index contributed by atoms with van der Waals surface area (Å²) in [6.45, 7) is 3.60. The Morgan fingerprint density at radius 1 is 1.14 bits per heavy atom. The van der Waals surface area contributed by atoms with Crippen LogP contribution in [0.2, 0.25) is 0 Å². The normalized spacial score (nSPS) is 13.1. The zero-order valence-corrected chi connectivity index (χ0v) is 16.8. The predicted octanol–water partition coefficient (Wildman–Crippen LogP) is 2.63. The van der Waals surface area contributed by atoms with Crippen LogP contribution in [0.4, 0.5) is 11.8 Å². The van der Waals surface area contributed by atoms with Gasteiger partial charge in [-0.2, -0.15) is 13.5 Å². The molecule has 0 radical (unpaired) electrons. The quantitative estimate of drug-likeness (QED) is 0.655. The molecule has 0 aliphatic carbocycles. The highest BCUT2D eigenvalue weighted by Crippen LogP contribution is 2.32. The summed E-state index contributed by atoms with van der Waals surface area (Å²) in [7, 11) is 1.78. The van der Waals surface area contributed by atoms with Crippen LogP contribution >= 0.6 is 13.5 Å². The van der Waals surface area contributed by atoms with E-state index in [0.717, 1.165) is 41.5 Å². The zero-order valence-electron chi connectivity index (χ0n) is 15.8. The van der Waals surface area contributed by atoms with Crippen LogP contribution in [0, 0.1) is 0 Å². The minimum atomic E-state index is 0. The molecule has 9 heteroatoms. The second-order valence-corrected chi connectivity index (χ2v) is 6.39. The van der Waals surface area contributed by atoms with Crippen LogP contribution in [0.15, 0.2) is 37.1 Å². The molecule has 146 valence electrons. The maximum absolute atomic E-state index is 5.76. The van der Waals surface area contributed by atoms with Gasteiger partial charge in [0.2, 0.25) is 5.95 Å². The lowest BCUT2D eigenvalue weighted by molar-refractivity contribution is 0.352. The zero-order chi connectivity index (χ0) is 18.6. The highest BCUT2D eigenvalue weighted by atomic mass is 32.1. The van der Waals surface area contributed by atoms with Crippen molar-refractivity contribution in [1.29, 1.82) is 0 Å². The molecule has 0 aromatic carbocycles. The molecule has 1 atom stereocenters.